The van der Waals surface area contributed by atoms with Gasteiger partial charge in [0.1, 0.15) is 0 Å². The summed E-state index contributed by atoms with van der Waals surface area (Å²) in [4.78, 5) is 20.3. The summed E-state index contributed by atoms with van der Waals surface area (Å²) in [6.45, 7) is 5.65. The molecule has 0 aliphatic carbocycles. The monoisotopic (exact) mass is 401 g/mol. The first kappa shape index (κ1) is 22.0. The summed E-state index contributed by atoms with van der Waals surface area (Å²) in [5.41, 5.74) is 0. The number of nitrogens with one attached hydrogen (secondary N) is 1. The molecular weight excluding hydrogens is 379 g/mol. The number of nitrogens with zero attached hydrogens (tertiary/aromatic N) is 4. The van der Waals surface area contributed by atoms with Crippen LogP contribution in [0.4, 0.5) is 8.78 Å². The van der Waals surface area contributed by atoms with Gasteiger partial charge in [0.05, 0.1) is 18.6 Å². The van der Waals surface area contributed by atoms with E-state index in [2.05, 4.69) is 20.4 Å². The van der Waals surface area contributed by atoms with Crippen LogP contribution in [0.3, 0.4) is 0 Å². The molecule has 0 saturated carbocycles. The second-order valence-corrected chi connectivity index (χ2v) is 6.21. The van der Waals surface area contributed by atoms with Crippen molar-refractivity contribution < 1.29 is 18.1 Å². The maximum atomic E-state index is 13.2. The summed E-state index contributed by atoms with van der Waals surface area (Å²) in [7, 11) is 0. The van der Waals surface area contributed by atoms with Crippen molar-refractivity contribution in [3.63, 3.8) is 0 Å². The highest BCUT2D eigenvalue weighted by Gasteiger charge is 2.44. The maximum absolute atomic E-state index is 13.2. The van der Waals surface area contributed by atoms with E-state index in [1.54, 1.807) is 11.8 Å². The third-order valence-corrected chi connectivity index (χ3v) is 4.48. The van der Waals surface area contributed by atoms with Crippen LogP contribution in [0.25, 0.3) is 0 Å². The maximum Gasteiger partial charge on any atom is 0.262 e. The second kappa shape index (κ2) is 8.57. The zero-order chi connectivity index (χ0) is 16.6. The Morgan fingerprint density at radius 3 is 2.44 bits per heavy atom. The summed E-state index contributed by atoms with van der Waals surface area (Å²) in [5.74, 6) is -1.87. The molecule has 2 unspecified atom stereocenters. The van der Waals surface area contributed by atoms with Gasteiger partial charge in [-0.25, -0.2) is 8.78 Å². The number of hydrogen-bond donors (Lipinski definition) is 1. The first-order valence-electron chi connectivity index (χ1n) is 7.80. The van der Waals surface area contributed by atoms with Gasteiger partial charge in [0.15, 0.2) is 5.82 Å². The lowest BCUT2D eigenvalue weighted by Crippen LogP contribution is -2.53. The fourth-order valence-corrected chi connectivity index (χ4v) is 3.08. The van der Waals surface area contributed by atoms with Gasteiger partial charge in [0.2, 0.25) is 11.8 Å². The van der Waals surface area contributed by atoms with Crippen LogP contribution in [-0.4, -0.2) is 70.5 Å². The van der Waals surface area contributed by atoms with Gasteiger partial charge < -0.3 is 9.42 Å². The van der Waals surface area contributed by atoms with Crippen molar-refractivity contribution in [2.75, 3.05) is 32.7 Å². The van der Waals surface area contributed by atoms with E-state index in [-0.39, 0.29) is 36.8 Å². The Kier molecular flexibility index (Phi) is 7.54. The molecule has 2 atom stereocenters. The molecule has 3 heterocycles. The highest BCUT2D eigenvalue weighted by atomic mass is 35.5. The topological polar surface area (TPSA) is 74.5 Å². The highest BCUT2D eigenvalue weighted by Crippen LogP contribution is 2.27. The molecule has 1 aromatic heterocycles. The van der Waals surface area contributed by atoms with Crippen LogP contribution in [0.5, 0.6) is 0 Å². The summed E-state index contributed by atoms with van der Waals surface area (Å²) in [6.07, 6.45) is -0.413. The predicted octanol–water partition coefficient (Wildman–Crippen LogP) is 1.42. The van der Waals surface area contributed by atoms with Crippen LogP contribution < -0.4 is 5.32 Å². The van der Waals surface area contributed by atoms with Gasteiger partial charge in [0.25, 0.3) is 5.92 Å². The third kappa shape index (κ3) is 4.99. The number of rotatable bonds is 3. The Morgan fingerprint density at radius 1 is 1.32 bits per heavy atom. The van der Waals surface area contributed by atoms with Crippen molar-refractivity contribution in [2.45, 2.75) is 38.3 Å². The van der Waals surface area contributed by atoms with Crippen LogP contribution >= 0.6 is 24.8 Å². The smallest absolute Gasteiger partial charge is 0.262 e. The van der Waals surface area contributed by atoms with Crippen molar-refractivity contribution >= 4 is 30.7 Å². The number of halogens is 4. The minimum absolute atomic E-state index is 0. The van der Waals surface area contributed by atoms with E-state index in [1.807, 2.05) is 6.92 Å². The molecule has 0 bridgehead atoms. The van der Waals surface area contributed by atoms with E-state index < -0.39 is 24.9 Å². The lowest BCUT2D eigenvalue weighted by molar-refractivity contribution is -0.135. The van der Waals surface area contributed by atoms with Gasteiger partial charge >= 0.3 is 0 Å². The van der Waals surface area contributed by atoms with E-state index in [1.165, 1.54) is 0 Å². The van der Waals surface area contributed by atoms with Crippen molar-refractivity contribution in [1.82, 2.24) is 25.3 Å². The van der Waals surface area contributed by atoms with Crippen LogP contribution in [0.1, 0.15) is 31.1 Å². The van der Waals surface area contributed by atoms with Crippen LogP contribution in [0.15, 0.2) is 4.52 Å². The van der Waals surface area contributed by atoms with E-state index in [4.69, 9.17) is 4.52 Å². The highest BCUT2D eigenvalue weighted by molar-refractivity contribution is 5.85. The van der Waals surface area contributed by atoms with Crippen molar-refractivity contribution in [1.29, 1.82) is 0 Å². The van der Waals surface area contributed by atoms with Crippen molar-refractivity contribution in [2.24, 2.45) is 0 Å². The summed E-state index contributed by atoms with van der Waals surface area (Å²) < 4.78 is 31.6. The minimum Gasteiger partial charge on any atom is -0.339 e. The van der Waals surface area contributed by atoms with E-state index in [0.717, 1.165) is 0 Å². The molecule has 11 heteroatoms. The lowest BCUT2D eigenvalue weighted by Gasteiger charge is -2.37. The standard InChI is InChI=1S/C14H21F2N5O2.2ClH/c1-9(12-18-10(2)19-23-12)20-3-5-21(6-4-20)13(22)11-7-14(15,16)8-17-11;;/h9,11,17H,3-8H2,1-2H3;2*1H. The Morgan fingerprint density at radius 2 is 1.96 bits per heavy atom. The Labute approximate surface area is 157 Å². The van der Waals surface area contributed by atoms with E-state index >= 15 is 0 Å². The molecule has 25 heavy (non-hydrogen) atoms. The lowest BCUT2D eigenvalue weighted by atomic mass is 10.1. The van der Waals surface area contributed by atoms with E-state index in [9.17, 15) is 13.6 Å². The van der Waals surface area contributed by atoms with Gasteiger partial charge in [-0.2, -0.15) is 4.98 Å². The molecule has 0 spiro atoms. The molecule has 2 aliphatic rings. The molecule has 3 rings (SSSR count). The molecule has 0 radical (unpaired) electrons. The average molecular weight is 402 g/mol. The summed E-state index contributed by atoms with van der Waals surface area (Å²) >= 11 is 0. The molecule has 1 N–H and O–H groups in total. The Hall–Kier alpha value is -1.03. The zero-order valence-corrected chi connectivity index (χ0v) is 15.7. The summed E-state index contributed by atoms with van der Waals surface area (Å²) in [6, 6.07) is -0.796. The van der Waals surface area contributed by atoms with Gasteiger partial charge in [-0.1, -0.05) is 5.16 Å². The van der Waals surface area contributed by atoms with Crippen LogP contribution in [0.2, 0.25) is 0 Å². The van der Waals surface area contributed by atoms with Gasteiger partial charge in [-0.15, -0.1) is 24.8 Å². The summed E-state index contributed by atoms with van der Waals surface area (Å²) in [5, 5.41) is 6.40. The van der Waals surface area contributed by atoms with Gasteiger partial charge in [-0.3, -0.25) is 15.0 Å². The molecule has 144 valence electrons. The number of hydrogen-bond acceptors (Lipinski definition) is 6. The zero-order valence-electron chi connectivity index (χ0n) is 14.1. The largest absolute Gasteiger partial charge is 0.339 e. The van der Waals surface area contributed by atoms with Crippen molar-refractivity contribution in [3.05, 3.63) is 11.7 Å². The molecule has 1 aromatic rings. The number of piperazine rings is 1. The number of carbonyl (C=O) groups excluding carboxylic acids is 1. The fourth-order valence-electron chi connectivity index (χ4n) is 3.08. The first-order valence-corrected chi connectivity index (χ1v) is 7.80. The van der Waals surface area contributed by atoms with Crippen LogP contribution in [-0.2, 0) is 4.79 Å². The molecule has 7 nitrogen and oxygen atoms in total. The minimum atomic E-state index is -2.79. The first-order chi connectivity index (χ1) is 10.9. The number of alkyl halides is 2. The number of carbonyl (C=O) groups is 1. The number of aromatic nitrogens is 2. The second-order valence-electron chi connectivity index (χ2n) is 6.21. The number of amides is 1. The number of aryl methyl sites for hydroxylation is 1. The Bertz CT molecular complexity index is 581. The molecule has 2 fully saturated rings. The molecular formula is C14H23Cl2F2N5O2. The SMILES string of the molecule is Cc1noc(C(C)N2CCN(C(=O)C3CC(F)(F)CN3)CC2)n1.Cl.Cl. The molecule has 0 aromatic carbocycles. The molecule has 1 amide bonds. The normalized spacial score (nSPS) is 24.3. The Balaban J connectivity index is 0.00000156. The average Bonchev–Trinajstić information content (AvgIpc) is 3.11. The third-order valence-electron chi connectivity index (χ3n) is 4.48. The predicted molar refractivity (Wildman–Crippen MR) is 91.5 cm³/mol. The molecule has 2 aliphatic heterocycles. The fraction of sp³-hybridized carbons (Fsp3) is 0.786. The van der Waals surface area contributed by atoms with Crippen LogP contribution in [0, 0.1) is 6.92 Å². The van der Waals surface area contributed by atoms with Gasteiger partial charge in [0, 0.05) is 32.6 Å². The van der Waals surface area contributed by atoms with E-state index in [0.29, 0.717) is 37.9 Å². The van der Waals surface area contributed by atoms with Crippen molar-refractivity contribution in [3.8, 4) is 0 Å². The molecule has 2 saturated heterocycles. The van der Waals surface area contributed by atoms with Gasteiger partial charge in [-0.05, 0) is 13.8 Å². The quantitative estimate of drug-likeness (QED) is 0.825.